The molecule has 1 aliphatic rings. The fourth-order valence-corrected chi connectivity index (χ4v) is 2.59. The van der Waals surface area contributed by atoms with E-state index in [0.717, 1.165) is 30.4 Å². The Labute approximate surface area is 123 Å². The average Bonchev–Trinajstić information content (AvgIpc) is 3.09. The first-order valence-electron chi connectivity index (χ1n) is 7.07. The second kappa shape index (κ2) is 5.55. The Hall–Kier alpha value is -2.37. The van der Waals surface area contributed by atoms with E-state index in [0.29, 0.717) is 6.54 Å². The lowest BCUT2D eigenvalue weighted by atomic mass is 10.2. The number of anilines is 1. The van der Waals surface area contributed by atoms with Crippen molar-refractivity contribution < 1.29 is 9.90 Å². The van der Waals surface area contributed by atoms with Crippen LogP contribution in [-0.2, 0) is 6.54 Å². The molecular formula is C15H18N4O2. The second-order valence-corrected chi connectivity index (χ2v) is 5.60. The summed E-state index contributed by atoms with van der Waals surface area (Å²) >= 11 is 0. The molecule has 3 rings (SSSR count). The first kappa shape index (κ1) is 13.6. The number of aromatic carboxylic acids is 1. The van der Waals surface area contributed by atoms with E-state index in [1.165, 1.54) is 18.8 Å². The van der Waals surface area contributed by atoms with Crippen molar-refractivity contribution in [2.24, 2.45) is 5.92 Å². The molecule has 0 aromatic carbocycles. The first-order chi connectivity index (χ1) is 10.1. The molecule has 1 aliphatic heterocycles. The van der Waals surface area contributed by atoms with Crippen LogP contribution in [0.4, 0.5) is 5.82 Å². The lowest BCUT2D eigenvalue weighted by Crippen LogP contribution is -2.20. The van der Waals surface area contributed by atoms with Crippen LogP contribution in [0.15, 0.2) is 30.7 Å². The van der Waals surface area contributed by atoms with Crippen molar-refractivity contribution >= 4 is 11.8 Å². The van der Waals surface area contributed by atoms with Gasteiger partial charge in [0.15, 0.2) is 0 Å². The smallest absolute Gasteiger partial charge is 0.338 e. The molecule has 1 N–H and O–H groups in total. The first-order valence-corrected chi connectivity index (χ1v) is 7.07. The number of carbonyl (C=O) groups is 1. The minimum atomic E-state index is -0.960. The lowest BCUT2D eigenvalue weighted by molar-refractivity contribution is 0.0697. The Morgan fingerprint density at radius 3 is 2.86 bits per heavy atom. The molecular weight excluding hydrogens is 268 g/mol. The van der Waals surface area contributed by atoms with Crippen LogP contribution in [0.25, 0.3) is 0 Å². The van der Waals surface area contributed by atoms with Crippen LogP contribution in [0.2, 0.25) is 0 Å². The van der Waals surface area contributed by atoms with Crippen LogP contribution < -0.4 is 4.90 Å². The zero-order chi connectivity index (χ0) is 14.8. The molecule has 0 unspecified atom stereocenters. The lowest BCUT2D eigenvalue weighted by Gasteiger charge is -2.17. The van der Waals surface area contributed by atoms with Crippen molar-refractivity contribution in [1.29, 1.82) is 0 Å². The van der Waals surface area contributed by atoms with Crippen LogP contribution in [-0.4, -0.2) is 38.9 Å². The van der Waals surface area contributed by atoms with Gasteiger partial charge in [-0.05, 0) is 24.0 Å². The van der Waals surface area contributed by atoms with E-state index in [2.05, 4.69) is 21.9 Å². The van der Waals surface area contributed by atoms with Gasteiger partial charge in [-0.15, -0.1) is 0 Å². The van der Waals surface area contributed by atoms with Gasteiger partial charge in [0.25, 0.3) is 0 Å². The van der Waals surface area contributed by atoms with Gasteiger partial charge >= 0.3 is 5.97 Å². The molecule has 0 saturated carbocycles. The molecule has 0 bridgehead atoms. The van der Waals surface area contributed by atoms with E-state index < -0.39 is 5.97 Å². The highest BCUT2D eigenvalue weighted by Gasteiger charge is 2.19. The summed E-state index contributed by atoms with van der Waals surface area (Å²) in [6.07, 6.45) is 5.93. The van der Waals surface area contributed by atoms with Crippen molar-refractivity contribution in [1.82, 2.24) is 14.8 Å². The third kappa shape index (κ3) is 3.04. The highest BCUT2D eigenvalue weighted by atomic mass is 16.4. The zero-order valence-electron chi connectivity index (χ0n) is 11.9. The summed E-state index contributed by atoms with van der Waals surface area (Å²) in [7, 11) is 0. The van der Waals surface area contributed by atoms with Gasteiger partial charge in [0.05, 0.1) is 18.3 Å². The number of hydrogen-bond donors (Lipinski definition) is 1. The average molecular weight is 286 g/mol. The SMILES string of the molecule is C[C@H]1CCN(c2ccc(Cn3cc(C(=O)O)cn3)cn2)C1. The van der Waals surface area contributed by atoms with E-state index in [9.17, 15) is 4.79 Å². The van der Waals surface area contributed by atoms with Gasteiger partial charge in [-0.2, -0.15) is 5.10 Å². The van der Waals surface area contributed by atoms with E-state index in [4.69, 9.17) is 5.11 Å². The molecule has 0 amide bonds. The molecule has 2 aromatic rings. The number of aromatic nitrogens is 3. The second-order valence-electron chi connectivity index (χ2n) is 5.60. The molecule has 1 atom stereocenters. The quantitative estimate of drug-likeness (QED) is 0.929. The Bertz CT molecular complexity index is 635. The van der Waals surface area contributed by atoms with Crippen molar-refractivity contribution in [3.8, 4) is 0 Å². The molecule has 1 fully saturated rings. The van der Waals surface area contributed by atoms with Crippen LogP contribution in [0.1, 0.15) is 29.3 Å². The largest absolute Gasteiger partial charge is 0.478 e. The number of carboxylic acids is 1. The highest BCUT2D eigenvalue weighted by Crippen LogP contribution is 2.21. The fourth-order valence-electron chi connectivity index (χ4n) is 2.59. The van der Waals surface area contributed by atoms with Crippen LogP contribution in [0.5, 0.6) is 0 Å². The van der Waals surface area contributed by atoms with Gasteiger partial charge in [0, 0.05) is 25.5 Å². The summed E-state index contributed by atoms with van der Waals surface area (Å²) in [4.78, 5) is 17.6. The highest BCUT2D eigenvalue weighted by molar-refractivity contribution is 5.86. The molecule has 6 heteroatoms. The van der Waals surface area contributed by atoms with Crippen molar-refractivity contribution in [3.05, 3.63) is 41.9 Å². The maximum Gasteiger partial charge on any atom is 0.338 e. The van der Waals surface area contributed by atoms with Crippen LogP contribution >= 0.6 is 0 Å². The topological polar surface area (TPSA) is 71.2 Å². The van der Waals surface area contributed by atoms with E-state index in [-0.39, 0.29) is 5.56 Å². The van der Waals surface area contributed by atoms with Crippen LogP contribution in [0, 0.1) is 5.92 Å². The maximum absolute atomic E-state index is 10.8. The number of hydrogen-bond acceptors (Lipinski definition) is 4. The third-order valence-electron chi connectivity index (χ3n) is 3.78. The summed E-state index contributed by atoms with van der Waals surface area (Å²) in [5.41, 5.74) is 1.21. The molecule has 0 radical (unpaired) electrons. The molecule has 110 valence electrons. The summed E-state index contributed by atoms with van der Waals surface area (Å²) < 4.78 is 1.61. The van der Waals surface area contributed by atoms with Gasteiger partial charge < -0.3 is 10.0 Å². The molecule has 0 spiro atoms. The van der Waals surface area contributed by atoms with Crippen molar-refractivity contribution in [2.45, 2.75) is 19.9 Å². The van der Waals surface area contributed by atoms with Gasteiger partial charge in [-0.1, -0.05) is 13.0 Å². The predicted octanol–water partition coefficient (Wildman–Crippen LogP) is 1.87. The van der Waals surface area contributed by atoms with E-state index in [1.807, 2.05) is 18.3 Å². The van der Waals surface area contributed by atoms with E-state index >= 15 is 0 Å². The molecule has 21 heavy (non-hydrogen) atoms. The number of rotatable bonds is 4. The van der Waals surface area contributed by atoms with Gasteiger partial charge in [-0.3, -0.25) is 4.68 Å². The summed E-state index contributed by atoms with van der Waals surface area (Å²) in [6.45, 7) is 4.91. The van der Waals surface area contributed by atoms with Crippen molar-refractivity contribution in [2.75, 3.05) is 18.0 Å². The number of pyridine rings is 1. The van der Waals surface area contributed by atoms with Crippen molar-refractivity contribution in [3.63, 3.8) is 0 Å². The van der Waals surface area contributed by atoms with Gasteiger partial charge in [0.2, 0.25) is 0 Å². The Balaban J connectivity index is 1.67. The Morgan fingerprint density at radius 2 is 2.29 bits per heavy atom. The molecule has 6 nitrogen and oxygen atoms in total. The normalized spacial score (nSPS) is 18.1. The fraction of sp³-hybridized carbons (Fsp3) is 0.400. The molecule has 1 saturated heterocycles. The minimum Gasteiger partial charge on any atom is -0.478 e. The molecule has 0 aliphatic carbocycles. The number of carboxylic acid groups (broad SMARTS) is 1. The minimum absolute atomic E-state index is 0.200. The van der Waals surface area contributed by atoms with Gasteiger partial charge in [-0.25, -0.2) is 9.78 Å². The predicted molar refractivity (Wildman–Crippen MR) is 78.5 cm³/mol. The summed E-state index contributed by atoms with van der Waals surface area (Å²) in [6, 6.07) is 4.04. The standard InChI is InChI=1S/C15H18N4O2/c1-11-4-5-18(8-11)14-3-2-12(6-16-14)9-19-10-13(7-17-19)15(20)21/h2-3,6-7,10-11H,4-5,8-9H2,1H3,(H,20,21)/t11-/m0/s1. The monoisotopic (exact) mass is 286 g/mol. The summed E-state index contributed by atoms with van der Waals surface area (Å²) in [5, 5.41) is 12.9. The third-order valence-corrected chi connectivity index (χ3v) is 3.78. The zero-order valence-corrected chi connectivity index (χ0v) is 11.9. The molecule has 3 heterocycles. The maximum atomic E-state index is 10.8. The van der Waals surface area contributed by atoms with E-state index in [1.54, 1.807) is 4.68 Å². The molecule has 2 aromatic heterocycles. The Morgan fingerprint density at radius 1 is 1.43 bits per heavy atom. The Kier molecular flexibility index (Phi) is 3.60. The van der Waals surface area contributed by atoms with Gasteiger partial charge in [0.1, 0.15) is 5.82 Å². The summed E-state index contributed by atoms with van der Waals surface area (Å²) in [5.74, 6) is 0.776. The number of nitrogens with zero attached hydrogens (tertiary/aromatic N) is 4. The van der Waals surface area contributed by atoms with Crippen LogP contribution in [0.3, 0.4) is 0 Å².